The topological polar surface area (TPSA) is 38.3 Å². The average molecular weight is 347 g/mol. The Morgan fingerprint density at radius 2 is 1.88 bits per heavy atom. The smallest absolute Gasteiger partial charge is 0.381 e. The van der Waals surface area contributed by atoms with E-state index in [0.717, 1.165) is 25.0 Å². The van der Waals surface area contributed by atoms with E-state index in [-0.39, 0.29) is 23.3 Å². The summed E-state index contributed by atoms with van der Waals surface area (Å²) in [6.07, 6.45) is -3.19. The van der Waals surface area contributed by atoms with Gasteiger partial charge >= 0.3 is 6.18 Å². The molecule has 1 amide bonds. The molecule has 7 heteroatoms. The van der Waals surface area contributed by atoms with Crippen LogP contribution in [0.25, 0.3) is 0 Å². The Bertz CT molecular complexity index is 582. The summed E-state index contributed by atoms with van der Waals surface area (Å²) in [5.74, 6) is -1.59. The number of hydrogen-bond donors (Lipinski definition) is 1. The lowest BCUT2D eigenvalue weighted by Crippen LogP contribution is -2.37. The predicted molar refractivity (Wildman–Crippen MR) is 80.7 cm³/mol. The van der Waals surface area contributed by atoms with Crippen LogP contribution in [-0.2, 0) is 15.7 Å². The number of hydrogen-bond acceptors (Lipinski definition) is 2. The average Bonchev–Trinajstić information content (AvgIpc) is 2.54. The number of benzene rings is 1. The molecule has 2 rings (SSSR count). The molecule has 24 heavy (non-hydrogen) atoms. The number of halogens is 4. The van der Waals surface area contributed by atoms with Crippen LogP contribution in [0, 0.1) is 17.7 Å². The zero-order valence-electron chi connectivity index (χ0n) is 13.6. The van der Waals surface area contributed by atoms with Crippen LogP contribution in [0.1, 0.15) is 43.9 Å². The van der Waals surface area contributed by atoms with E-state index in [1.165, 1.54) is 6.07 Å². The van der Waals surface area contributed by atoms with E-state index in [0.29, 0.717) is 13.2 Å². The molecular weight excluding hydrogens is 326 g/mol. The molecule has 1 heterocycles. The van der Waals surface area contributed by atoms with E-state index in [1.807, 2.05) is 6.92 Å². The zero-order chi connectivity index (χ0) is 17.9. The second kappa shape index (κ2) is 7.51. The Balaban J connectivity index is 2.06. The Morgan fingerprint density at radius 3 is 2.46 bits per heavy atom. The Kier molecular flexibility index (Phi) is 5.85. The fourth-order valence-electron chi connectivity index (χ4n) is 2.89. The van der Waals surface area contributed by atoms with Crippen LogP contribution in [0.5, 0.6) is 0 Å². The highest BCUT2D eigenvalue weighted by Gasteiger charge is 2.35. The van der Waals surface area contributed by atoms with E-state index in [4.69, 9.17) is 4.74 Å². The second-order valence-electron chi connectivity index (χ2n) is 6.21. The lowest BCUT2D eigenvalue weighted by molar-refractivity contribution is -0.140. The van der Waals surface area contributed by atoms with Gasteiger partial charge < -0.3 is 10.1 Å². The van der Waals surface area contributed by atoms with Crippen molar-refractivity contribution < 1.29 is 27.1 Å². The van der Waals surface area contributed by atoms with Crippen LogP contribution in [-0.4, -0.2) is 19.1 Å². The molecule has 0 radical (unpaired) electrons. The van der Waals surface area contributed by atoms with Crippen LogP contribution >= 0.6 is 0 Å². The summed E-state index contributed by atoms with van der Waals surface area (Å²) < 4.78 is 57.0. The summed E-state index contributed by atoms with van der Waals surface area (Å²) in [5, 5.41) is 2.72. The zero-order valence-corrected chi connectivity index (χ0v) is 13.6. The summed E-state index contributed by atoms with van der Waals surface area (Å²) in [6.45, 7) is 4.63. The number of alkyl halides is 3. The van der Waals surface area contributed by atoms with Gasteiger partial charge in [-0.25, -0.2) is 4.39 Å². The highest BCUT2D eigenvalue weighted by molar-refractivity contribution is 5.79. The molecule has 3 nitrogen and oxygen atoms in total. The van der Waals surface area contributed by atoms with Gasteiger partial charge in [0.1, 0.15) is 5.82 Å². The van der Waals surface area contributed by atoms with Crippen molar-refractivity contribution in [3.63, 3.8) is 0 Å². The van der Waals surface area contributed by atoms with Crippen molar-refractivity contribution in [3.8, 4) is 0 Å². The van der Waals surface area contributed by atoms with E-state index in [9.17, 15) is 22.4 Å². The quantitative estimate of drug-likeness (QED) is 0.834. The third kappa shape index (κ3) is 4.47. The molecule has 1 fully saturated rings. The Hall–Kier alpha value is -1.63. The minimum Gasteiger partial charge on any atom is -0.381 e. The molecule has 1 aliphatic rings. The Labute approximate surface area is 138 Å². The van der Waals surface area contributed by atoms with Crippen molar-refractivity contribution in [1.29, 1.82) is 0 Å². The van der Waals surface area contributed by atoms with Gasteiger partial charge in [0.15, 0.2) is 0 Å². The van der Waals surface area contributed by atoms with Gasteiger partial charge in [0, 0.05) is 19.1 Å². The summed E-state index contributed by atoms with van der Waals surface area (Å²) in [4.78, 5) is 12.3. The molecule has 134 valence electrons. The van der Waals surface area contributed by atoms with Gasteiger partial charge in [0.2, 0.25) is 5.91 Å². The number of carbonyl (C=O) groups is 1. The van der Waals surface area contributed by atoms with Crippen molar-refractivity contribution in [2.24, 2.45) is 11.8 Å². The number of ether oxygens (including phenoxy) is 1. The summed E-state index contributed by atoms with van der Waals surface area (Å²) >= 11 is 0. The van der Waals surface area contributed by atoms with Gasteiger partial charge in [-0.05, 0) is 43.4 Å². The predicted octanol–water partition coefficient (Wildman–Crippen LogP) is 4.08. The largest absolute Gasteiger partial charge is 0.419 e. The molecule has 1 aliphatic heterocycles. The molecule has 0 saturated carbocycles. The first-order valence-electron chi connectivity index (χ1n) is 7.95. The molecule has 0 aliphatic carbocycles. The minimum absolute atomic E-state index is 0.199. The third-order valence-corrected chi connectivity index (χ3v) is 4.54. The molecule has 2 atom stereocenters. The third-order valence-electron chi connectivity index (χ3n) is 4.54. The summed E-state index contributed by atoms with van der Waals surface area (Å²) in [7, 11) is 0. The number of carbonyl (C=O) groups excluding carboxylic acids is 1. The molecule has 1 aromatic carbocycles. The van der Waals surface area contributed by atoms with Crippen LogP contribution in [0.4, 0.5) is 17.6 Å². The minimum atomic E-state index is -4.76. The van der Waals surface area contributed by atoms with Gasteiger partial charge in [0.25, 0.3) is 0 Å². The maximum absolute atomic E-state index is 13.3. The summed E-state index contributed by atoms with van der Waals surface area (Å²) in [5.41, 5.74) is -1.10. The number of rotatable bonds is 4. The lowest BCUT2D eigenvalue weighted by atomic mass is 9.86. The first-order chi connectivity index (χ1) is 11.2. The monoisotopic (exact) mass is 347 g/mol. The summed E-state index contributed by atoms with van der Waals surface area (Å²) in [6, 6.07) is 2.15. The maximum atomic E-state index is 13.3. The first-order valence-corrected chi connectivity index (χ1v) is 7.95. The Morgan fingerprint density at radius 1 is 1.25 bits per heavy atom. The maximum Gasteiger partial charge on any atom is 0.419 e. The number of nitrogens with one attached hydrogen (secondary N) is 1. The van der Waals surface area contributed by atoms with Crippen LogP contribution in [0.2, 0.25) is 0 Å². The fourth-order valence-corrected chi connectivity index (χ4v) is 2.89. The van der Waals surface area contributed by atoms with Gasteiger partial charge in [-0.15, -0.1) is 0 Å². The normalized spacial score (nSPS) is 18.9. The fraction of sp³-hybridized carbons (Fsp3) is 0.588. The highest BCUT2D eigenvalue weighted by atomic mass is 19.4. The lowest BCUT2D eigenvalue weighted by Gasteiger charge is -2.28. The van der Waals surface area contributed by atoms with Crippen molar-refractivity contribution in [1.82, 2.24) is 5.32 Å². The van der Waals surface area contributed by atoms with Crippen LogP contribution in [0.15, 0.2) is 18.2 Å². The van der Waals surface area contributed by atoms with Gasteiger partial charge in [-0.2, -0.15) is 13.2 Å². The van der Waals surface area contributed by atoms with E-state index >= 15 is 0 Å². The molecule has 0 bridgehead atoms. The van der Waals surface area contributed by atoms with Crippen LogP contribution in [0.3, 0.4) is 0 Å². The van der Waals surface area contributed by atoms with Crippen molar-refractivity contribution in [3.05, 3.63) is 35.1 Å². The SMILES string of the molecule is CC(NC(=O)C(C)C1CCOCC1)c1ccc(F)c(C(F)(F)F)c1. The standard InChI is InChI=1S/C17H21F4NO2/c1-10(12-5-7-24-8-6-12)16(23)22-11(2)13-3-4-15(18)14(9-13)17(19,20)21/h3-4,9-12H,5-8H2,1-2H3,(H,22,23). The molecular formula is C17H21F4NO2. The van der Waals surface area contributed by atoms with Crippen molar-refractivity contribution in [2.45, 2.75) is 38.9 Å². The van der Waals surface area contributed by atoms with Gasteiger partial charge in [0.05, 0.1) is 11.6 Å². The van der Waals surface area contributed by atoms with Crippen molar-refractivity contribution in [2.75, 3.05) is 13.2 Å². The molecule has 0 aromatic heterocycles. The molecule has 2 unspecified atom stereocenters. The van der Waals surface area contributed by atoms with E-state index in [2.05, 4.69) is 5.32 Å². The first kappa shape index (κ1) is 18.7. The molecule has 1 aromatic rings. The molecule has 1 N–H and O–H groups in total. The van der Waals surface area contributed by atoms with Gasteiger partial charge in [-0.1, -0.05) is 13.0 Å². The van der Waals surface area contributed by atoms with Gasteiger partial charge in [-0.3, -0.25) is 4.79 Å². The molecule has 0 spiro atoms. The molecule has 1 saturated heterocycles. The highest BCUT2D eigenvalue weighted by Crippen LogP contribution is 2.33. The van der Waals surface area contributed by atoms with Crippen LogP contribution < -0.4 is 5.32 Å². The van der Waals surface area contributed by atoms with Crippen molar-refractivity contribution >= 4 is 5.91 Å². The van der Waals surface area contributed by atoms with E-state index < -0.39 is 23.6 Å². The second-order valence-corrected chi connectivity index (χ2v) is 6.21. The number of amides is 1. The van der Waals surface area contributed by atoms with E-state index in [1.54, 1.807) is 6.92 Å².